The fraction of sp³-hybridized carbons (Fsp3) is 0.263. The molecule has 0 bridgehead atoms. The van der Waals surface area contributed by atoms with Crippen molar-refractivity contribution < 1.29 is 14.3 Å². The topological polar surface area (TPSA) is 51.1 Å². The Balaban J connectivity index is 1.51. The van der Waals surface area contributed by atoms with Crippen LogP contribution in [0, 0.1) is 0 Å². The SMILES string of the molecule is O=C(COc1ccc(C=Nc2ccc(Cl)cc2)cc1)N1CCOCC1. The molecule has 0 atom stereocenters. The third-order valence-corrected chi connectivity index (χ3v) is 4.05. The summed E-state index contributed by atoms with van der Waals surface area (Å²) >= 11 is 5.85. The lowest BCUT2D eigenvalue weighted by atomic mass is 10.2. The van der Waals surface area contributed by atoms with Gasteiger partial charge in [0.2, 0.25) is 0 Å². The van der Waals surface area contributed by atoms with Gasteiger partial charge < -0.3 is 14.4 Å². The minimum atomic E-state index is -0.0170. The minimum absolute atomic E-state index is 0.0170. The second kappa shape index (κ2) is 8.65. The van der Waals surface area contributed by atoms with Gasteiger partial charge in [0.05, 0.1) is 18.9 Å². The molecule has 0 unspecified atom stereocenters. The van der Waals surface area contributed by atoms with Crippen LogP contribution in [0.15, 0.2) is 53.5 Å². The van der Waals surface area contributed by atoms with E-state index >= 15 is 0 Å². The number of morpholine rings is 1. The Bertz CT molecular complexity index is 723. The molecule has 1 heterocycles. The fourth-order valence-corrected chi connectivity index (χ4v) is 2.50. The average Bonchev–Trinajstić information content (AvgIpc) is 2.67. The van der Waals surface area contributed by atoms with E-state index in [2.05, 4.69) is 4.99 Å². The Morgan fingerprint density at radius 1 is 1.12 bits per heavy atom. The summed E-state index contributed by atoms with van der Waals surface area (Å²) in [6.07, 6.45) is 1.77. The minimum Gasteiger partial charge on any atom is -0.484 e. The second-order valence-corrected chi connectivity index (χ2v) is 6.02. The van der Waals surface area contributed by atoms with Gasteiger partial charge in [0.1, 0.15) is 5.75 Å². The Morgan fingerprint density at radius 2 is 1.80 bits per heavy atom. The van der Waals surface area contributed by atoms with Crippen LogP contribution < -0.4 is 4.74 Å². The van der Waals surface area contributed by atoms with E-state index in [0.29, 0.717) is 37.1 Å². The summed E-state index contributed by atoms with van der Waals surface area (Å²) in [4.78, 5) is 18.2. The van der Waals surface area contributed by atoms with Gasteiger partial charge in [-0.05, 0) is 54.1 Å². The summed E-state index contributed by atoms with van der Waals surface area (Å²) < 4.78 is 10.8. The van der Waals surface area contributed by atoms with Crippen LogP contribution in [0.5, 0.6) is 5.75 Å². The number of amides is 1. The van der Waals surface area contributed by atoms with E-state index in [1.807, 2.05) is 36.4 Å². The second-order valence-electron chi connectivity index (χ2n) is 5.59. The lowest BCUT2D eigenvalue weighted by Crippen LogP contribution is -2.42. The summed E-state index contributed by atoms with van der Waals surface area (Å²) in [5, 5.41) is 0.687. The van der Waals surface area contributed by atoms with E-state index in [4.69, 9.17) is 21.1 Å². The quantitative estimate of drug-likeness (QED) is 0.770. The fourth-order valence-electron chi connectivity index (χ4n) is 2.38. The number of nitrogens with zero attached hydrogens (tertiary/aromatic N) is 2. The van der Waals surface area contributed by atoms with Crippen molar-refractivity contribution in [3.05, 3.63) is 59.1 Å². The van der Waals surface area contributed by atoms with Crippen LogP contribution in [0.2, 0.25) is 5.02 Å². The van der Waals surface area contributed by atoms with Crippen LogP contribution in [0.3, 0.4) is 0 Å². The zero-order valence-corrected chi connectivity index (χ0v) is 14.5. The number of hydrogen-bond acceptors (Lipinski definition) is 4. The molecule has 130 valence electrons. The lowest BCUT2D eigenvalue weighted by molar-refractivity contribution is -0.137. The molecule has 1 aliphatic heterocycles. The monoisotopic (exact) mass is 358 g/mol. The van der Waals surface area contributed by atoms with Gasteiger partial charge in [0, 0.05) is 24.3 Å². The summed E-state index contributed by atoms with van der Waals surface area (Å²) in [6, 6.07) is 14.8. The van der Waals surface area contributed by atoms with E-state index < -0.39 is 0 Å². The molecule has 1 aliphatic rings. The number of halogens is 1. The normalized spacial score (nSPS) is 14.7. The first-order chi connectivity index (χ1) is 12.2. The highest BCUT2D eigenvalue weighted by molar-refractivity contribution is 6.30. The molecule has 1 saturated heterocycles. The maximum Gasteiger partial charge on any atom is 0.260 e. The molecule has 0 spiro atoms. The molecule has 1 fully saturated rings. The first-order valence-corrected chi connectivity index (χ1v) is 8.46. The van der Waals surface area contributed by atoms with Crippen molar-refractivity contribution in [3.63, 3.8) is 0 Å². The van der Waals surface area contributed by atoms with Crippen molar-refractivity contribution >= 4 is 29.4 Å². The molecule has 0 saturated carbocycles. The van der Waals surface area contributed by atoms with Gasteiger partial charge >= 0.3 is 0 Å². The van der Waals surface area contributed by atoms with Crippen LogP contribution in [-0.4, -0.2) is 49.9 Å². The van der Waals surface area contributed by atoms with E-state index in [1.54, 1.807) is 23.2 Å². The number of aliphatic imine (C=N–C) groups is 1. The first-order valence-electron chi connectivity index (χ1n) is 8.09. The highest BCUT2D eigenvalue weighted by Gasteiger charge is 2.16. The lowest BCUT2D eigenvalue weighted by Gasteiger charge is -2.26. The highest BCUT2D eigenvalue weighted by Crippen LogP contribution is 2.17. The summed E-state index contributed by atoms with van der Waals surface area (Å²) in [5.41, 5.74) is 1.78. The number of ether oxygens (including phenoxy) is 2. The van der Waals surface area contributed by atoms with Crippen molar-refractivity contribution in [1.82, 2.24) is 4.90 Å². The summed E-state index contributed by atoms with van der Waals surface area (Å²) in [7, 11) is 0. The summed E-state index contributed by atoms with van der Waals surface area (Å²) in [6.45, 7) is 2.48. The molecular weight excluding hydrogens is 340 g/mol. The zero-order valence-electron chi connectivity index (χ0n) is 13.7. The molecule has 6 heteroatoms. The molecule has 1 amide bonds. The van der Waals surface area contributed by atoms with Crippen molar-refractivity contribution in [2.45, 2.75) is 0 Å². The van der Waals surface area contributed by atoms with Crippen LogP contribution in [0.25, 0.3) is 0 Å². The smallest absolute Gasteiger partial charge is 0.260 e. The summed E-state index contributed by atoms with van der Waals surface area (Å²) in [5.74, 6) is 0.641. The van der Waals surface area contributed by atoms with Crippen LogP contribution in [0.4, 0.5) is 5.69 Å². The van der Waals surface area contributed by atoms with E-state index in [9.17, 15) is 4.79 Å². The Kier molecular flexibility index (Phi) is 6.04. The van der Waals surface area contributed by atoms with Gasteiger partial charge in [-0.2, -0.15) is 0 Å². The van der Waals surface area contributed by atoms with Gasteiger partial charge in [-0.3, -0.25) is 9.79 Å². The van der Waals surface area contributed by atoms with Crippen LogP contribution in [0.1, 0.15) is 5.56 Å². The van der Waals surface area contributed by atoms with Crippen LogP contribution in [-0.2, 0) is 9.53 Å². The third kappa shape index (κ3) is 5.31. The molecule has 3 rings (SSSR count). The molecule has 0 aliphatic carbocycles. The number of carbonyl (C=O) groups excluding carboxylic acids is 1. The van der Waals surface area contributed by atoms with Crippen molar-refractivity contribution in [3.8, 4) is 5.75 Å². The van der Waals surface area contributed by atoms with Crippen molar-refractivity contribution in [1.29, 1.82) is 0 Å². The Hall–Kier alpha value is -2.37. The number of hydrogen-bond donors (Lipinski definition) is 0. The van der Waals surface area contributed by atoms with Gasteiger partial charge in [-0.15, -0.1) is 0 Å². The van der Waals surface area contributed by atoms with E-state index in [0.717, 1.165) is 11.3 Å². The largest absolute Gasteiger partial charge is 0.484 e. The molecular formula is C19H19ClN2O3. The molecule has 0 N–H and O–H groups in total. The highest BCUT2D eigenvalue weighted by atomic mass is 35.5. The van der Waals surface area contributed by atoms with Gasteiger partial charge in [-0.25, -0.2) is 0 Å². The van der Waals surface area contributed by atoms with Gasteiger partial charge in [0.25, 0.3) is 5.91 Å². The predicted octanol–water partition coefficient (Wildman–Crippen LogP) is 3.33. The molecule has 0 aromatic heterocycles. The Morgan fingerprint density at radius 3 is 2.48 bits per heavy atom. The van der Waals surface area contributed by atoms with Crippen molar-refractivity contribution in [2.24, 2.45) is 4.99 Å². The maximum absolute atomic E-state index is 12.0. The number of benzene rings is 2. The van der Waals surface area contributed by atoms with E-state index in [1.165, 1.54) is 0 Å². The number of carbonyl (C=O) groups is 1. The predicted molar refractivity (Wildman–Crippen MR) is 98.0 cm³/mol. The molecule has 5 nitrogen and oxygen atoms in total. The third-order valence-electron chi connectivity index (χ3n) is 3.80. The molecule has 0 radical (unpaired) electrons. The van der Waals surface area contributed by atoms with Crippen LogP contribution >= 0.6 is 11.6 Å². The first kappa shape index (κ1) is 17.5. The molecule has 2 aromatic rings. The molecule has 25 heavy (non-hydrogen) atoms. The van der Waals surface area contributed by atoms with Gasteiger partial charge in [0.15, 0.2) is 6.61 Å². The molecule has 2 aromatic carbocycles. The standard InChI is InChI=1S/C19H19ClN2O3/c20-16-3-5-17(6-4-16)21-13-15-1-7-18(8-2-15)25-14-19(23)22-9-11-24-12-10-22/h1-8,13H,9-12,14H2. The maximum atomic E-state index is 12.0. The van der Waals surface area contributed by atoms with E-state index in [-0.39, 0.29) is 12.5 Å². The average molecular weight is 359 g/mol. The van der Waals surface area contributed by atoms with Gasteiger partial charge in [-0.1, -0.05) is 11.6 Å². The zero-order chi connectivity index (χ0) is 17.5. The Labute approximate surface area is 151 Å². The van der Waals surface area contributed by atoms with Crippen molar-refractivity contribution in [2.75, 3.05) is 32.9 Å². The number of rotatable bonds is 5.